The Morgan fingerprint density at radius 3 is 2.57 bits per heavy atom. The van der Waals surface area contributed by atoms with Crippen LogP contribution >= 0.6 is 0 Å². The van der Waals surface area contributed by atoms with E-state index in [2.05, 4.69) is 64.4 Å². The minimum atomic E-state index is -0.212. The molecule has 1 amide bonds. The molecular weight excluding hydrogens is 370 g/mol. The zero-order valence-corrected chi connectivity index (χ0v) is 16.5. The lowest BCUT2D eigenvalue weighted by Gasteiger charge is -2.37. The fraction of sp³-hybridized carbons (Fsp3) is 0.154. The molecule has 1 heterocycles. The van der Waals surface area contributed by atoms with E-state index in [1.165, 1.54) is 16.8 Å². The quantitative estimate of drug-likeness (QED) is 0.360. The number of benzene rings is 3. The van der Waals surface area contributed by atoms with Crippen LogP contribution in [0.25, 0.3) is 0 Å². The highest BCUT2D eigenvalue weighted by Gasteiger charge is 2.37. The van der Waals surface area contributed by atoms with Gasteiger partial charge in [0.05, 0.1) is 12.3 Å². The molecule has 4 heteroatoms. The average Bonchev–Trinajstić information content (AvgIpc) is 3.30. The summed E-state index contributed by atoms with van der Waals surface area (Å²) in [4.78, 5) is 12.4. The first kappa shape index (κ1) is 18.4. The molecule has 2 N–H and O–H groups in total. The molecule has 0 saturated heterocycles. The lowest BCUT2D eigenvalue weighted by atomic mass is 9.77. The fourth-order valence-corrected chi connectivity index (χ4v) is 4.48. The topological polar surface area (TPSA) is 53.5 Å². The SMILES string of the molecule is O=C(N/N=C\c1ccccc1)c1ccc([C@H]2Nc3ccccc3[C@@H]3C=CC[C@@H]23)cc1. The van der Waals surface area contributed by atoms with Gasteiger partial charge in [0, 0.05) is 17.2 Å². The van der Waals surface area contributed by atoms with Crippen molar-refractivity contribution in [1.82, 2.24) is 5.43 Å². The molecule has 30 heavy (non-hydrogen) atoms. The maximum Gasteiger partial charge on any atom is 0.271 e. The maximum absolute atomic E-state index is 12.4. The van der Waals surface area contributed by atoms with Gasteiger partial charge in [0.15, 0.2) is 0 Å². The van der Waals surface area contributed by atoms with Gasteiger partial charge in [-0.05, 0) is 47.2 Å². The van der Waals surface area contributed by atoms with E-state index in [0.29, 0.717) is 17.4 Å². The standard InChI is InChI=1S/C26H23N3O/c30-26(29-27-17-18-7-2-1-3-8-18)20-15-13-19(14-16-20)25-23-11-6-10-21(23)22-9-4-5-12-24(22)28-25/h1-10,12-17,21,23,25,28H,11H2,(H,29,30)/b27-17-/t21-,23+,25+/m0/s1. The van der Waals surface area contributed by atoms with Crippen molar-refractivity contribution >= 4 is 17.8 Å². The molecular formula is C26H23N3O. The number of nitrogens with one attached hydrogen (secondary N) is 2. The Hall–Kier alpha value is -3.66. The highest BCUT2D eigenvalue weighted by Crippen LogP contribution is 2.49. The van der Waals surface area contributed by atoms with Crippen molar-refractivity contribution in [3.63, 3.8) is 0 Å². The summed E-state index contributed by atoms with van der Waals surface area (Å²) in [6.45, 7) is 0. The predicted octanol–water partition coefficient (Wildman–Crippen LogP) is 5.28. The van der Waals surface area contributed by atoms with Crippen LogP contribution in [-0.2, 0) is 0 Å². The van der Waals surface area contributed by atoms with Crippen molar-refractivity contribution in [2.24, 2.45) is 11.0 Å². The summed E-state index contributed by atoms with van der Waals surface area (Å²) >= 11 is 0. The molecule has 148 valence electrons. The molecule has 0 unspecified atom stereocenters. The smallest absolute Gasteiger partial charge is 0.271 e. The van der Waals surface area contributed by atoms with Crippen LogP contribution in [0.15, 0.2) is 96.1 Å². The highest BCUT2D eigenvalue weighted by atomic mass is 16.2. The largest absolute Gasteiger partial charge is 0.378 e. The Morgan fingerprint density at radius 2 is 1.73 bits per heavy atom. The Morgan fingerprint density at radius 1 is 0.967 bits per heavy atom. The number of fused-ring (bicyclic) bond motifs is 3. The van der Waals surface area contributed by atoms with Gasteiger partial charge in [0.1, 0.15) is 0 Å². The zero-order valence-electron chi connectivity index (χ0n) is 16.5. The Bertz CT molecular complexity index is 1100. The number of carbonyl (C=O) groups excluding carboxylic acids is 1. The van der Waals surface area contributed by atoms with E-state index in [4.69, 9.17) is 0 Å². The van der Waals surface area contributed by atoms with Gasteiger partial charge in [-0.1, -0.05) is 72.8 Å². The third kappa shape index (κ3) is 3.52. The molecule has 5 rings (SSSR count). The van der Waals surface area contributed by atoms with Gasteiger partial charge in [-0.15, -0.1) is 0 Å². The summed E-state index contributed by atoms with van der Waals surface area (Å²) in [6.07, 6.45) is 7.33. The molecule has 1 aliphatic heterocycles. The van der Waals surface area contributed by atoms with E-state index in [1.54, 1.807) is 6.21 Å². The van der Waals surface area contributed by atoms with Crippen LogP contribution in [0.4, 0.5) is 5.69 Å². The number of hydrogen-bond acceptors (Lipinski definition) is 3. The molecule has 0 saturated carbocycles. The molecule has 3 aromatic carbocycles. The van der Waals surface area contributed by atoms with Crippen molar-refractivity contribution in [3.05, 3.63) is 113 Å². The number of anilines is 1. The predicted molar refractivity (Wildman–Crippen MR) is 121 cm³/mol. The summed E-state index contributed by atoms with van der Waals surface area (Å²) in [5.74, 6) is 0.730. The first-order valence-electron chi connectivity index (χ1n) is 10.3. The molecule has 3 atom stereocenters. The zero-order chi connectivity index (χ0) is 20.3. The molecule has 3 aromatic rings. The van der Waals surface area contributed by atoms with Gasteiger partial charge in [-0.3, -0.25) is 4.79 Å². The Kier molecular flexibility index (Phi) is 4.89. The third-order valence-electron chi connectivity index (χ3n) is 5.98. The molecule has 0 bridgehead atoms. The number of rotatable bonds is 4. The minimum absolute atomic E-state index is 0.212. The highest BCUT2D eigenvalue weighted by molar-refractivity contribution is 5.94. The summed E-state index contributed by atoms with van der Waals surface area (Å²) in [5.41, 5.74) is 7.92. The number of hydrogen-bond donors (Lipinski definition) is 2. The van der Waals surface area contributed by atoms with Crippen molar-refractivity contribution in [2.45, 2.75) is 18.4 Å². The van der Waals surface area contributed by atoms with Crippen molar-refractivity contribution < 1.29 is 4.79 Å². The van der Waals surface area contributed by atoms with Crippen molar-refractivity contribution in [1.29, 1.82) is 0 Å². The number of carbonyl (C=O) groups is 1. The second-order valence-corrected chi connectivity index (χ2v) is 7.79. The van der Waals surface area contributed by atoms with E-state index < -0.39 is 0 Å². The number of hydrazone groups is 1. The molecule has 4 nitrogen and oxygen atoms in total. The van der Waals surface area contributed by atoms with Crippen LogP contribution in [0.2, 0.25) is 0 Å². The van der Waals surface area contributed by atoms with Gasteiger partial charge in [-0.2, -0.15) is 5.10 Å². The van der Waals surface area contributed by atoms with Gasteiger partial charge in [-0.25, -0.2) is 5.43 Å². The lowest BCUT2D eigenvalue weighted by Crippen LogP contribution is -2.29. The number of nitrogens with zero attached hydrogens (tertiary/aromatic N) is 1. The van der Waals surface area contributed by atoms with E-state index >= 15 is 0 Å². The third-order valence-corrected chi connectivity index (χ3v) is 5.98. The van der Waals surface area contributed by atoms with Gasteiger partial charge in [0.25, 0.3) is 5.91 Å². The normalized spacial score (nSPS) is 21.7. The molecule has 1 aliphatic carbocycles. The summed E-state index contributed by atoms with van der Waals surface area (Å²) in [5, 5.41) is 7.78. The van der Waals surface area contributed by atoms with E-state index in [1.807, 2.05) is 42.5 Å². The Balaban J connectivity index is 1.30. The van der Waals surface area contributed by atoms with Crippen LogP contribution in [0, 0.1) is 5.92 Å². The second kappa shape index (κ2) is 7.99. The average molecular weight is 393 g/mol. The second-order valence-electron chi connectivity index (χ2n) is 7.79. The molecule has 2 aliphatic rings. The lowest BCUT2D eigenvalue weighted by molar-refractivity contribution is 0.0955. The molecule has 0 fully saturated rings. The molecule has 0 spiro atoms. The summed E-state index contributed by atoms with van der Waals surface area (Å²) in [6, 6.07) is 26.3. The minimum Gasteiger partial charge on any atom is -0.378 e. The van der Waals surface area contributed by atoms with E-state index in [9.17, 15) is 4.79 Å². The van der Waals surface area contributed by atoms with Crippen molar-refractivity contribution in [3.8, 4) is 0 Å². The van der Waals surface area contributed by atoms with E-state index in [-0.39, 0.29) is 11.9 Å². The number of amides is 1. The monoisotopic (exact) mass is 393 g/mol. The molecule has 0 aromatic heterocycles. The van der Waals surface area contributed by atoms with Gasteiger partial charge in [0.2, 0.25) is 0 Å². The summed E-state index contributed by atoms with van der Waals surface area (Å²) in [7, 11) is 0. The first-order chi connectivity index (χ1) is 14.8. The Labute approximate surface area is 176 Å². The van der Waals surface area contributed by atoms with E-state index in [0.717, 1.165) is 12.0 Å². The van der Waals surface area contributed by atoms with Crippen LogP contribution in [0.3, 0.4) is 0 Å². The number of para-hydroxylation sites is 1. The maximum atomic E-state index is 12.4. The number of allylic oxidation sites excluding steroid dienone is 2. The van der Waals surface area contributed by atoms with Crippen LogP contribution in [0.5, 0.6) is 0 Å². The van der Waals surface area contributed by atoms with Crippen LogP contribution in [-0.4, -0.2) is 12.1 Å². The first-order valence-corrected chi connectivity index (χ1v) is 10.3. The van der Waals surface area contributed by atoms with Crippen molar-refractivity contribution in [2.75, 3.05) is 5.32 Å². The van der Waals surface area contributed by atoms with Crippen LogP contribution < -0.4 is 10.7 Å². The summed E-state index contributed by atoms with van der Waals surface area (Å²) < 4.78 is 0. The van der Waals surface area contributed by atoms with Gasteiger partial charge >= 0.3 is 0 Å². The fourth-order valence-electron chi connectivity index (χ4n) is 4.48. The molecule has 0 radical (unpaired) electrons. The van der Waals surface area contributed by atoms with Crippen LogP contribution in [0.1, 0.15) is 45.4 Å². The van der Waals surface area contributed by atoms with Gasteiger partial charge < -0.3 is 5.32 Å².